The van der Waals surface area contributed by atoms with Gasteiger partial charge in [0.25, 0.3) is 0 Å². The number of carbonyl (C=O) groups is 2. The summed E-state index contributed by atoms with van der Waals surface area (Å²) in [7, 11) is 0. The molecule has 0 fully saturated rings. The van der Waals surface area contributed by atoms with Crippen molar-refractivity contribution in [3.8, 4) is 0 Å². The highest BCUT2D eigenvalue weighted by atomic mass is 16.4. The molecule has 0 saturated heterocycles. The Bertz CT molecular complexity index is 204. The highest BCUT2D eigenvalue weighted by Gasteiger charge is 2.22. The van der Waals surface area contributed by atoms with Crippen LogP contribution in [-0.4, -0.2) is 28.9 Å². The van der Waals surface area contributed by atoms with Crippen molar-refractivity contribution in [2.75, 3.05) is 0 Å². The van der Waals surface area contributed by atoms with Crippen molar-refractivity contribution in [3.05, 3.63) is 0 Å². The van der Waals surface area contributed by atoms with Gasteiger partial charge in [0.15, 0.2) is 5.78 Å². The number of aliphatic carboxylic acids is 1. The van der Waals surface area contributed by atoms with Gasteiger partial charge >= 0.3 is 5.97 Å². The molecule has 0 amide bonds. The lowest BCUT2D eigenvalue weighted by molar-refractivity contribution is -0.140. The first kappa shape index (κ1) is 12.1. The molecule has 0 radical (unpaired) electrons. The third-order valence-electron chi connectivity index (χ3n) is 1.83. The summed E-state index contributed by atoms with van der Waals surface area (Å²) in [6.07, 6.45) is -0.200. The molecule has 0 rings (SSSR count). The molecule has 5 N–H and O–H groups in total. The minimum atomic E-state index is -1.18. The van der Waals surface area contributed by atoms with Crippen LogP contribution in [-0.2, 0) is 9.59 Å². The summed E-state index contributed by atoms with van der Waals surface area (Å²) in [5.41, 5.74) is 10.7. The van der Waals surface area contributed by atoms with Gasteiger partial charge in [-0.3, -0.25) is 9.59 Å². The molecular weight excluding hydrogens is 172 g/mol. The first-order valence-corrected chi connectivity index (χ1v) is 4.13. The predicted octanol–water partition coefficient (Wildman–Crippen LogP) is -0.659. The Labute approximate surface area is 77.1 Å². The average molecular weight is 188 g/mol. The lowest BCUT2D eigenvalue weighted by Crippen LogP contribution is -2.41. The van der Waals surface area contributed by atoms with E-state index in [9.17, 15) is 9.59 Å². The number of Topliss-reactive ketones (excluding diaryl/α,β-unsaturated/α-hetero) is 1. The molecule has 2 atom stereocenters. The van der Waals surface area contributed by atoms with Crippen LogP contribution in [0.25, 0.3) is 0 Å². The average Bonchev–Trinajstić information content (AvgIpc) is 2.02. The smallest absolute Gasteiger partial charge is 0.320 e. The maximum absolute atomic E-state index is 11.2. The fraction of sp³-hybridized carbons (Fsp3) is 0.750. The van der Waals surface area contributed by atoms with Crippen molar-refractivity contribution in [2.24, 2.45) is 17.4 Å². The molecule has 13 heavy (non-hydrogen) atoms. The normalized spacial score (nSPS) is 15.5. The van der Waals surface area contributed by atoms with Crippen LogP contribution in [0.1, 0.15) is 20.3 Å². The van der Waals surface area contributed by atoms with Crippen molar-refractivity contribution >= 4 is 11.8 Å². The maximum Gasteiger partial charge on any atom is 0.320 e. The van der Waals surface area contributed by atoms with Crippen LogP contribution in [0.5, 0.6) is 0 Å². The van der Waals surface area contributed by atoms with Crippen LogP contribution in [0.2, 0.25) is 0 Å². The molecule has 0 saturated carbocycles. The maximum atomic E-state index is 11.2. The summed E-state index contributed by atoms with van der Waals surface area (Å²) in [4.78, 5) is 21.5. The Hall–Kier alpha value is -0.940. The minimum absolute atomic E-state index is 0.00787. The molecular formula is C8H16N2O3. The fourth-order valence-electron chi connectivity index (χ4n) is 0.812. The van der Waals surface area contributed by atoms with E-state index >= 15 is 0 Å². The van der Waals surface area contributed by atoms with Gasteiger partial charge in [0.05, 0.1) is 6.04 Å². The largest absolute Gasteiger partial charge is 0.480 e. The van der Waals surface area contributed by atoms with Crippen molar-refractivity contribution < 1.29 is 14.7 Å². The van der Waals surface area contributed by atoms with Crippen LogP contribution in [0.4, 0.5) is 0 Å². The highest BCUT2D eigenvalue weighted by molar-refractivity contribution is 5.89. The molecule has 0 aromatic heterocycles. The minimum Gasteiger partial charge on any atom is -0.480 e. The number of rotatable bonds is 5. The molecule has 0 spiro atoms. The molecule has 0 aromatic rings. The first-order chi connectivity index (χ1) is 5.86. The van der Waals surface area contributed by atoms with E-state index in [2.05, 4.69) is 0 Å². The summed E-state index contributed by atoms with van der Waals surface area (Å²) in [6, 6.07) is -1.76. The van der Waals surface area contributed by atoms with Crippen molar-refractivity contribution in [1.82, 2.24) is 0 Å². The Balaban J connectivity index is 4.08. The number of carbonyl (C=O) groups excluding carboxylic acids is 1. The highest BCUT2D eigenvalue weighted by Crippen LogP contribution is 2.03. The lowest BCUT2D eigenvalue weighted by atomic mass is 9.97. The van der Waals surface area contributed by atoms with Gasteiger partial charge in [0.2, 0.25) is 0 Å². The molecule has 5 heteroatoms. The molecule has 76 valence electrons. The number of carboxylic acids is 1. The van der Waals surface area contributed by atoms with Crippen molar-refractivity contribution in [3.63, 3.8) is 0 Å². The van der Waals surface area contributed by atoms with E-state index in [0.29, 0.717) is 0 Å². The topological polar surface area (TPSA) is 106 Å². The van der Waals surface area contributed by atoms with Crippen LogP contribution in [0, 0.1) is 5.92 Å². The van der Waals surface area contributed by atoms with Crippen LogP contribution < -0.4 is 11.5 Å². The van der Waals surface area contributed by atoms with Gasteiger partial charge in [-0.2, -0.15) is 0 Å². The predicted molar refractivity (Wildman–Crippen MR) is 48.0 cm³/mol. The van der Waals surface area contributed by atoms with E-state index in [1.165, 1.54) is 0 Å². The summed E-state index contributed by atoms with van der Waals surface area (Å²) in [5, 5.41) is 8.43. The second kappa shape index (κ2) is 4.94. The fourth-order valence-corrected chi connectivity index (χ4v) is 0.812. The number of ketones is 1. The van der Waals surface area contributed by atoms with Crippen LogP contribution >= 0.6 is 0 Å². The molecule has 0 aliphatic heterocycles. The van der Waals surface area contributed by atoms with Crippen molar-refractivity contribution in [1.29, 1.82) is 0 Å². The van der Waals surface area contributed by atoms with Gasteiger partial charge in [-0.05, 0) is 5.92 Å². The summed E-state index contributed by atoms with van der Waals surface area (Å²) in [6.45, 7) is 3.60. The van der Waals surface area contributed by atoms with Gasteiger partial charge in [-0.1, -0.05) is 13.8 Å². The van der Waals surface area contributed by atoms with Crippen LogP contribution in [0.3, 0.4) is 0 Å². The molecule has 0 heterocycles. The number of carboxylic acid groups (broad SMARTS) is 1. The Morgan fingerprint density at radius 3 is 2.08 bits per heavy atom. The van der Waals surface area contributed by atoms with Gasteiger partial charge in [0, 0.05) is 6.42 Å². The van der Waals surface area contributed by atoms with E-state index in [-0.39, 0.29) is 18.1 Å². The van der Waals surface area contributed by atoms with E-state index in [1.807, 2.05) is 0 Å². The SMILES string of the molecule is CC(C)C(N)C(=O)C[C@H](N)C(=O)O. The molecule has 0 bridgehead atoms. The van der Waals surface area contributed by atoms with E-state index in [4.69, 9.17) is 16.6 Å². The van der Waals surface area contributed by atoms with E-state index in [1.54, 1.807) is 13.8 Å². The number of hydrogen-bond donors (Lipinski definition) is 3. The molecule has 0 aromatic carbocycles. The molecule has 1 unspecified atom stereocenters. The Morgan fingerprint density at radius 2 is 1.77 bits per heavy atom. The Morgan fingerprint density at radius 1 is 1.31 bits per heavy atom. The van der Waals surface area contributed by atoms with Gasteiger partial charge in [0.1, 0.15) is 6.04 Å². The quantitative estimate of drug-likeness (QED) is 0.531. The van der Waals surface area contributed by atoms with Gasteiger partial charge in [-0.25, -0.2) is 0 Å². The molecule has 5 nitrogen and oxygen atoms in total. The summed E-state index contributed by atoms with van der Waals surface area (Å²) >= 11 is 0. The second-order valence-electron chi connectivity index (χ2n) is 3.38. The zero-order valence-corrected chi connectivity index (χ0v) is 7.86. The summed E-state index contributed by atoms with van der Waals surface area (Å²) in [5.74, 6) is -1.47. The Kier molecular flexibility index (Phi) is 4.58. The first-order valence-electron chi connectivity index (χ1n) is 4.13. The van der Waals surface area contributed by atoms with E-state index in [0.717, 1.165) is 0 Å². The zero-order valence-electron chi connectivity index (χ0n) is 7.86. The molecule has 0 aliphatic carbocycles. The monoisotopic (exact) mass is 188 g/mol. The molecule has 0 aliphatic rings. The zero-order chi connectivity index (χ0) is 10.6. The summed E-state index contributed by atoms with van der Waals surface area (Å²) < 4.78 is 0. The van der Waals surface area contributed by atoms with Crippen molar-refractivity contribution in [2.45, 2.75) is 32.4 Å². The standard InChI is InChI=1S/C8H16N2O3/c1-4(2)7(10)6(11)3-5(9)8(12)13/h4-5,7H,3,9-10H2,1-2H3,(H,12,13)/t5-,7?/m0/s1. The van der Waals surface area contributed by atoms with Crippen LogP contribution in [0.15, 0.2) is 0 Å². The van der Waals surface area contributed by atoms with Gasteiger partial charge < -0.3 is 16.6 Å². The van der Waals surface area contributed by atoms with Gasteiger partial charge in [-0.15, -0.1) is 0 Å². The third-order valence-corrected chi connectivity index (χ3v) is 1.83. The lowest BCUT2D eigenvalue weighted by Gasteiger charge is -2.15. The second-order valence-corrected chi connectivity index (χ2v) is 3.38. The van der Waals surface area contributed by atoms with E-state index < -0.39 is 18.1 Å². The number of nitrogens with two attached hydrogens (primary N) is 2. The number of hydrogen-bond acceptors (Lipinski definition) is 4. The third kappa shape index (κ3) is 4.00.